The predicted octanol–water partition coefficient (Wildman–Crippen LogP) is 2.47. The quantitative estimate of drug-likeness (QED) is 0.812. The smallest absolute Gasteiger partial charge is 0.341 e. The van der Waals surface area contributed by atoms with Crippen molar-refractivity contribution in [2.45, 2.75) is 46.6 Å². The molecule has 8 heteroatoms. The molecule has 27 heavy (non-hydrogen) atoms. The minimum Gasteiger partial charge on any atom is -0.465 e. The van der Waals surface area contributed by atoms with Gasteiger partial charge < -0.3 is 10.1 Å². The number of nitrogens with zero attached hydrogens (tertiary/aromatic N) is 2. The molecule has 7 nitrogen and oxygen atoms in total. The molecule has 0 fully saturated rings. The number of nitrogens with one attached hydrogen (secondary N) is 1. The first kappa shape index (κ1) is 19.3. The summed E-state index contributed by atoms with van der Waals surface area (Å²) < 4.78 is 6.25. The average molecular weight is 389 g/mol. The van der Waals surface area contributed by atoms with Crippen LogP contribution in [0.1, 0.15) is 45.7 Å². The van der Waals surface area contributed by atoms with Crippen molar-refractivity contribution in [1.82, 2.24) is 9.55 Å². The largest absolute Gasteiger partial charge is 0.465 e. The van der Waals surface area contributed by atoms with Crippen molar-refractivity contribution in [3.63, 3.8) is 0 Å². The summed E-state index contributed by atoms with van der Waals surface area (Å²) in [5.74, 6) is 0.207. The number of carbonyl (C=O) groups is 2. The molecule has 0 saturated carbocycles. The van der Waals surface area contributed by atoms with E-state index in [4.69, 9.17) is 4.74 Å². The topological polar surface area (TPSA) is 90.3 Å². The van der Waals surface area contributed by atoms with Crippen LogP contribution in [0.2, 0.25) is 0 Å². The zero-order chi connectivity index (χ0) is 19.7. The fraction of sp³-hybridized carbons (Fsp3) is 0.474. The lowest BCUT2D eigenvalue weighted by atomic mass is 9.88. The SMILES string of the molecule is COC(=O)c1c(NC(=O)Cn2c(C)nc(C)cc2=O)sc2c1CC[C@H](C)C2. The summed E-state index contributed by atoms with van der Waals surface area (Å²) in [6, 6.07) is 1.39. The Bertz CT molecular complexity index is 961. The van der Waals surface area contributed by atoms with Crippen molar-refractivity contribution in [2.24, 2.45) is 5.92 Å². The van der Waals surface area contributed by atoms with Gasteiger partial charge in [-0.2, -0.15) is 0 Å². The number of rotatable bonds is 4. The number of esters is 1. The maximum atomic E-state index is 12.6. The van der Waals surface area contributed by atoms with Gasteiger partial charge in [-0.3, -0.25) is 14.2 Å². The second-order valence-electron chi connectivity index (χ2n) is 6.96. The van der Waals surface area contributed by atoms with E-state index < -0.39 is 5.97 Å². The Balaban J connectivity index is 1.88. The van der Waals surface area contributed by atoms with E-state index in [-0.39, 0.29) is 18.0 Å². The van der Waals surface area contributed by atoms with Crippen LogP contribution >= 0.6 is 11.3 Å². The molecule has 0 saturated heterocycles. The van der Waals surface area contributed by atoms with Gasteiger partial charge in [0.2, 0.25) is 5.91 Å². The van der Waals surface area contributed by atoms with Crippen LogP contribution in [0.5, 0.6) is 0 Å². The monoisotopic (exact) mass is 389 g/mol. The fourth-order valence-corrected chi connectivity index (χ4v) is 4.84. The zero-order valence-corrected chi connectivity index (χ0v) is 16.7. The highest BCUT2D eigenvalue weighted by molar-refractivity contribution is 7.17. The van der Waals surface area contributed by atoms with Crippen LogP contribution in [0.15, 0.2) is 10.9 Å². The highest BCUT2D eigenvalue weighted by Crippen LogP contribution is 2.40. The van der Waals surface area contributed by atoms with E-state index in [1.54, 1.807) is 13.8 Å². The van der Waals surface area contributed by atoms with Gasteiger partial charge in [-0.1, -0.05) is 6.92 Å². The number of aryl methyl sites for hydroxylation is 2. The van der Waals surface area contributed by atoms with Crippen molar-refractivity contribution in [3.05, 3.63) is 43.9 Å². The van der Waals surface area contributed by atoms with E-state index in [9.17, 15) is 14.4 Å². The van der Waals surface area contributed by atoms with Crippen molar-refractivity contribution in [3.8, 4) is 0 Å². The molecular weight excluding hydrogens is 366 g/mol. The number of methoxy groups -OCH3 is 1. The molecule has 0 aromatic carbocycles. The Morgan fingerprint density at radius 2 is 2.15 bits per heavy atom. The Kier molecular flexibility index (Phi) is 5.46. The van der Waals surface area contributed by atoms with Gasteiger partial charge in [-0.25, -0.2) is 9.78 Å². The number of thiophene rings is 1. The second kappa shape index (κ2) is 7.64. The summed E-state index contributed by atoms with van der Waals surface area (Å²) in [5.41, 5.74) is 1.76. The Morgan fingerprint density at radius 3 is 2.81 bits per heavy atom. The number of anilines is 1. The van der Waals surface area contributed by atoms with Crippen LogP contribution in [0.3, 0.4) is 0 Å². The molecule has 1 amide bonds. The maximum absolute atomic E-state index is 12.6. The van der Waals surface area contributed by atoms with E-state index in [0.717, 1.165) is 29.7 Å². The van der Waals surface area contributed by atoms with Gasteiger partial charge in [-0.15, -0.1) is 11.3 Å². The van der Waals surface area contributed by atoms with E-state index in [2.05, 4.69) is 17.2 Å². The van der Waals surface area contributed by atoms with Crippen molar-refractivity contribution < 1.29 is 14.3 Å². The van der Waals surface area contributed by atoms with Gasteiger partial charge in [0.15, 0.2) is 0 Å². The molecule has 0 unspecified atom stereocenters. The summed E-state index contributed by atoms with van der Waals surface area (Å²) in [4.78, 5) is 42.4. The molecule has 0 radical (unpaired) electrons. The standard InChI is InChI=1S/C19H23N3O4S/c1-10-5-6-13-14(7-10)27-18(17(13)19(25)26-4)21-15(23)9-22-12(3)20-11(2)8-16(22)24/h8,10H,5-7,9H2,1-4H3,(H,21,23)/t10-/m0/s1. The van der Waals surface area contributed by atoms with Gasteiger partial charge in [0.05, 0.1) is 12.7 Å². The van der Waals surface area contributed by atoms with E-state index in [0.29, 0.717) is 28.0 Å². The molecule has 1 aliphatic rings. The summed E-state index contributed by atoms with van der Waals surface area (Å²) in [6.45, 7) is 5.45. The zero-order valence-electron chi connectivity index (χ0n) is 15.9. The Labute approximate surface area is 161 Å². The summed E-state index contributed by atoms with van der Waals surface area (Å²) in [7, 11) is 1.34. The number of hydrogen-bond acceptors (Lipinski definition) is 6. The first-order valence-electron chi connectivity index (χ1n) is 8.88. The molecule has 3 rings (SSSR count). The first-order valence-corrected chi connectivity index (χ1v) is 9.69. The van der Waals surface area contributed by atoms with Crippen molar-refractivity contribution in [2.75, 3.05) is 12.4 Å². The Morgan fingerprint density at radius 1 is 1.41 bits per heavy atom. The van der Waals surface area contributed by atoms with E-state index in [1.807, 2.05) is 0 Å². The minimum absolute atomic E-state index is 0.155. The van der Waals surface area contributed by atoms with Crippen LogP contribution in [-0.2, 0) is 28.9 Å². The number of fused-ring (bicyclic) bond motifs is 1. The third-order valence-corrected chi connectivity index (χ3v) is 5.95. The number of ether oxygens (including phenoxy) is 1. The van der Waals surface area contributed by atoms with Crippen molar-refractivity contribution >= 4 is 28.2 Å². The highest BCUT2D eigenvalue weighted by Gasteiger charge is 2.29. The third-order valence-electron chi connectivity index (χ3n) is 4.78. The lowest BCUT2D eigenvalue weighted by Gasteiger charge is -2.18. The van der Waals surface area contributed by atoms with Gasteiger partial charge in [0.25, 0.3) is 5.56 Å². The van der Waals surface area contributed by atoms with Gasteiger partial charge in [0, 0.05) is 16.6 Å². The number of amides is 1. The molecule has 1 aliphatic carbocycles. The van der Waals surface area contributed by atoms with Gasteiger partial charge >= 0.3 is 5.97 Å². The molecule has 2 heterocycles. The lowest BCUT2D eigenvalue weighted by molar-refractivity contribution is -0.116. The van der Waals surface area contributed by atoms with E-state index in [1.165, 1.54) is 29.1 Å². The predicted molar refractivity (Wildman–Crippen MR) is 103 cm³/mol. The molecule has 0 spiro atoms. The molecular formula is C19H23N3O4S. The lowest BCUT2D eigenvalue weighted by Crippen LogP contribution is -2.30. The number of hydrogen-bond donors (Lipinski definition) is 1. The van der Waals surface area contributed by atoms with Crippen LogP contribution in [0.25, 0.3) is 0 Å². The second-order valence-corrected chi connectivity index (χ2v) is 8.07. The Hall–Kier alpha value is -2.48. The molecule has 0 aliphatic heterocycles. The molecule has 1 atom stereocenters. The minimum atomic E-state index is -0.442. The molecule has 0 bridgehead atoms. The van der Waals surface area contributed by atoms with Crippen LogP contribution in [-0.4, -0.2) is 28.5 Å². The average Bonchev–Trinajstić information content (AvgIpc) is 2.94. The first-order chi connectivity index (χ1) is 12.8. The van der Waals surface area contributed by atoms with Crippen LogP contribution in [0.4, 0.5) is 5.00 Å². The van der Waals surface area contributed by atoms with Crippen LogP contribution in [0, 0.1) is 19.8 Å². The molecule has 144 valence electrons. The van der Waals surface area contributed by atoms with E-state index >= 15 is 0 Å². The molecule has 2 aromatic heterocycles. The third kappa shape index (κ3) is 3.95. The summed E-state index contributed by atoms with van der Waals surface area (Å²) in [5, 5.41) is 3.30. The van der Waals surface area contributed by atoms with Gasteiger partial charge in [0.1, 0.15) is 17.4 Å². The maximum Gasteiger partial charge on any atom is 0.341 e. The molecule has 2 aromatic rings. The number of aromatic nitrogens is 2. The van der Waals surface area contributed by atoms with Crippen molar-refractivity contribution in [1.29, 1.82) is 0 Å². The van der Waals surface area contributed by atoms with Gasteiger partial charge in [-0.05, 0) is 44.6 Å². The fourth-order valence-electron chi connectivity index (χ4n) is 3.42. The number of carbonyl (C=O) groups excluding carboxylic acids is 2. The summed E-state index contributed by atoms with van der Waals surface area (Å²) in [6.07, 6.45) is 2.69. The van der Waals surface area contributed by atoms with Crippen LogP contribution < -0.4 is 10.9 Å². The summed E-state index contributed by atoms with van der Waals surface area (Å²) >= 11 is 1.42. The highest BCUT2D eigenvalue weighted by atomic mass is 32.1. The molecule has 1 N–H and O–H groups in total. The normalized spacial score (nSPS) is 15.9.